The van der Waals surface area contributed by atoms with Crippen LogP contribution >= 0.6 is 0 Å². The number of amides is 1. The van der Waals surface area contributed by atoms with Crippen molar-refractivity contribution in [1.29, 1.82) is 0 Å². The summed E-state index contributed by atoms with van der Waals surface area (Å²) in [5.74, 6) is -0.205. The molecule has 0 aromatic carbocycles. The Kier molecular flexibility index (Phi) is 6.46. The number of carbonyl (C=O) groups is 2. The van der Waals surface area contributed by atoms with Gasteiger partial charge in [0.15, 0.2) is 0 Å². The normalized spacial score (nSPS) is 18.9. The largest absolute Gasteiger partial charge is 0.466 e. The van der Waals surface area contributed by atoms with Crippen LogP contribution in [0.15, 0.2) is 0 Å². The molecule has 5 heteroatoms. The van der Waals surface area contributed by atoms with Crippen molar-refractivity contribution in [2.75, 3.05) is 26.3 Å². The zero-order valence-electron chi connectivity index (χ0n) is 13.1. The summed E-state index contributed by atoms with van der Waals surface area (Å²) in [6.45, 7) is 9.55. The predicted molar refractivity (Wildman–Crippen MR) is 76.3 cm³/mol. The molecule has 0 aromatic rings. The molecule has 0 radical (unpaired) electrons. The second kappa shape index (κ2) is 7.62. The van der Waals surface area contributed by atoms with Crippen LogP contribution < -0.4 is 0 Å². The van der Waals surface area contributed by atoms with Gasteiger partial charge in [0, 0.05) is 25.1 Å². The monoisotopic (exact) mass is 285 g/mol. The molecule has 1 fully saturated rings. The lowest BCUT2D eigenvalue weighted by molar-refractivity contribution is -0.146. The summed E-state index contributed by atoms with van der Waals surface area (Å²) in [6.07, 6.45) is 2.36. The molecule has 0 spiro atoms. The Morgan fingerprint density at radius 1 is 1.35 bits per heavy atom. The Bertz CT molecular complexity index is 329. The number of hydrogen-bond donors (Lipinski definition) is 0. The summed E-state index contributed by atoms with van der Waals surface area (Å²) in [4.78, 5) is 25.6. The Morgan fingerprint density at radius 2 is 2.05 bits per heavy atom. The second-order valence-electron chi connectivity index (χ2n) is 6.19. The van der Waals surface area contributed by atoms with Crippen molar-refractivity contribution >= 4 is 11.9 Å². The van der Waals surface area contributed by atoms with Gasteiger partial charge in [-0.25, -0.2) is 0 Å². The molecule has 1 aliphatic rings. The molecule has 116 valence electrons. The van der Waals surface area contributed by atoms with Crippen molar-refractivity contribution in [2.45, 2.75) is 53.1 Å². The molecule has 1 aliphatic heterocycles. The fraction of sp³-hybridized carbons (Fsp3) is 0.867. The summed E-state index contributed by atoms with van der Waals surface area (Å²) >= 11 is 0. The summed E-state index contributed by atoms with van der Waals surface area (Å²) < 4.78 is 10.5. The molecule has 1 amide bonds. The highest BCUT2D eigenvalue weighted by molar-refractivity contribution is 5.82. The van der Waals surface area contributed by atoms with Gasteiger partial charge in [-0.2, -0.15) is 0 Å². The van der Waals surface area contributed by atoms with E-state index in [1.807, 2.05) is 20.8 Å². The molecule has 20 heavy (non-hydrogen) atoms. The van der Waals surface area contributed by atoms with Gasteiger partial charge in [0.25, 0.3) is 0 Å². The van der Waals surface area contributed by atoms with E-state index in [2.05, 4.69) is 0 Å². The molecule has 1 unspecified atom stereocenters. The van der Waals surface area contributed by atoms with Crippen LogP contribution in [-0.4, -0.2) is 49.2 Å². The minimum absolute atomic E-state index is 0.0531. The van der Waals surface area contributed by atoms with Gasteiger partial charge in [-0.3, -0.25) is 9.59 Å². The molecule has 1 atom stereocenters. The maximum absolute atomic E-state index is 12.4. The number of esters is 1. The van der Waals surface area contributed by atoms with E-state index in [1.54, 1.807) is 11.8 Å². The van der Waals surface area contributed by atoms with E-state index in [4.69, 9.17) is 9.47 Å². The van der Waals surface area contributed by atoms with E-state index >= 15 is 0 Å². The van der Waals surface area contributed by atoms with Gasteiger partial charge in [-0.1, -0.05) is 20.8 Å². The third-order valence-electron chi connectivity index (χ3n) is 3.27. The Balaban J connectivity index is 2.58. The summed E-state index contributed by atoms with van der Waals surface area (Å²) in [6, 6.07) is 0. The maximum atomic E-state index is 12.4. The fourth-order valence-corrected chi connectivity index (χ4v) is 2.24. The van der Waals surface area contributed by atoms with Crippen LogP contribution in [0, 0.1) is 5.41 Å². The van der Waals surface area contributed by atoms with E-state index < -0.39 is 5.41 Å². The quantitative estimate of drug-likeness (QED) is 0.700. The molecule has 1 heterocycles. The summed E-state index contributed by atoms with van der Waals surface area (Å²) in [5, 5.41) is 0. The van der Waals surface area contributed by atoms with E-state index in [9.17, 15) is 9.59 Å². The van der Waals surface area contributed by atoms with Crippen LogP contribution in [0.2, 0.25) is 0 Å². The lowest BCUT2D eigenvalue weighted by Crippen LogP contribution is -2.44. The first-order chi connectivity index (χ1) is 9.34. The second-order valence-corrected chi connectivity index (χ2v) is 6.19. The van der Waals surface area contributed by atoms with Crippen LogP contribution in [-0.2, 0) is 19.1 Å². The van der Waals surface area contributed by atoms with Crippen LogP contribution in [0.3, 0.4) is 0 Å². The van der Waals surface area contributed by atoms with Gasteiger partial charge in [0.2, 0.25) is 5.91 Å². The van der Waals surface area contributed by atoms with Gasteiger partial charge >= 0.3 is 5.97 Å². The van der Waals surface area contributed by atoms with Crippen molar-refractivity contribution in [1.82, 2.24) is 4.90 Å². The molecule has 0 saturated carbocycles. The highest BCUT2D eigenvalue weighted by Crippen LogP contribution is 2.20. The average Bonchev–Trinajstić information content (AvgIpc) is 2.85. The van der Waals surface area contributed by atoms with Crippen LogP contribution in [0.4, 0.5) is 0 Å². The van der Waals surface area contributed by atoms with Gasteiger partial charge in [-0.15, -0.1) is 0 Å². The molecular formula is C15H27NO4. The fourth-order valence-electron chi connectivity index (χ4n) is 2.24. The van der Waals surface area contributed by atoms with E-state index in [0.717, 1.165) is 19.4 Å². The number of hydrogen-bond acceptors (Lipinski definition) is 4. The summed E-state index contributed by atoms with van der Waals surface area (Å²) in [5.41, 5.74) is -0.451. The molecular weight excluding hydrogens is 258 g/mol. The number of nitrogens with zero attached hydrogens (tertiary/aromatic N) is 1. The van der Waals surface area contributed by atoms with Gasteiger partial charge in [0.1, 0.15) is 0 Å². The Labute approximate surface area is 121 Å². The predicted octanol–water partition coefficient (Wildman–Crippen LogP) is 1.99. The smallest absolute Gasteiger partial charge is 0.307 e. The minimum atomic E-state index is -0.451. The van der Waals surface area contributed by atoms with Crippen molar-refractivity contribution in [2.24, 2.45) is 5.41 Å². The zero-order valence-corrected chi connectivity index (χ0v) is 13.1. The van der Waals surface area contributed by atoms with Crippen molar-refractivity contribution in [3.05, 3.63) is 0 Å². The highest BCUT2D eigenvalue weighted by atomic mass is 16.5. The van der Waals surface area contributed by atoms with E-state index in [-0.39, 0.29) is 24.4 Å². The van der Waals surface area contributed by atoms with Crippen molar-refractivity contribution in [3.63, 3.8) is 0 Å². The molecule has 1 saturated heterocycles. The molecule has 1 rings (SSSR count). The molecule has 5 nitrogen and oxygen atoms in total. The number of ether oxygens (including phenoxy) is 2. The minimum Gasteiger partial charge on any atom is -0.466 e. The average molecular weight is 285 g/mol. The molecule has 0 aromatic heterocycles. The van der Waals surface area contributed by atoms with Crippen LogP contribution in [0.25, 0.3) is 0 Å². The van der Waals surface area contributed by atoms with E-state index in [0.29, 0.717) is 19.7 Å². The van der Waals surface area contributed by atoms with Crippen molar-refractivity contribution in [3.8, 4) is 0 Å². The SMILES string of the molecule is CCOC(=O)CCN(CC1CCCO1)C(=O)C(C)(C)C. The lowest BCUT2D eigenvalue weighted by atomic mass is 9.94. The number of carbonyl (C=O) groups excluding carboxylic acids is 2. The lowest BCUT2D eigenvalue weighted by Gasteiger charge is -2.31. The standard InChI is InChI=1S/C15H27NO4/c1-5-19-13(17)8-9-16(14(18)15(2,3)4)11-12-7-6-10-20-12/h12H,5-11H2,1-4H3. The van der Waals surface area contributed by atoms with Crippen LogP contribution in [0.5, 0.6) is 0 Å². The summed E-state index contributed by atoms with van der Waals surface area (Å²) in [7, 11) is 0. The Morgan fingerprint density at radius 3 is 2.55 bits per heavy atom. The van der Waals surface area contributed by atoms with E-state index in [1.165, 1.54) is 0 Å². The Hall–Kier alpha value is -1.10. The van der Waals surface area contributed by atoms with Gasteiger partial charge in [-0.05, 0) is 19.8 Å². The molecule has 0 bridgehead atoms. The molecule has 0 aliphatic carbocycles. The first-order valence-electron chi connectivity index (χ1n) is 7.41. The third-order valence-corrected chi connectivity index (χ3v) is 3.27. The first-order valence-corrected chi connectivity index (χ1v) is 7.41. The topological polar surface area (TPSA) is 55.8 Å². The van der Waals surface area contributed by atoms with Gasteiger partial charge in [0.05, 0.1) is 19.1 Å². The van der Waals surface area contributed by atoms with Crippen molar-refractivity contribution < 1.29 is 19.1 Å². The number of rotatable bonds is 6. The molecule has 0 N–H and O–H groups in total. The maximum Gasteiger partial charge on any atom is 0.307 e. The highest BCUT2D eigenvalue weighted by Gasteiger charge is 2.30. The van der Waals surface area contributed by atoms with Gasteiger partial charge < -0.3 is 14.4 Å². The zero-order chi connectivity index (χ0) is 15.2. The first kappa shape index (κ1) is 17.0. The van der Waals surface area contributed by atoms with Crippen LogP contribution in [0.1, 0.15) is 47.0 Å². The third kappa shape index (κ3) is 5.49.